The van der Waals surface area contributed by atoms with Crippen LogP contribution in [0, 0.1) is 0 Å². The van der Waals surface area contributed by atoms with Crippen molar-refractivity contribution >= 4 is 11.3 Å². The number of rotatable bonds is 6. The van der Waals surface area contributed by atoms with Crippen LogP contribution in [0.5, 0.6) is 0 Å². The summed E-state index contributed by atoms with van der Waals surface area (Å²) < 4.78 is 11.0. The zero-order valence-electron chi connectivity index (χ0n) is 10.5. The zero-order valence-corrected chi connectivity index (χ0v) is 11.3. The Kier molecular flexibility index (Phi) is 4.81. The van der Waals surface area contributed by atoms with Crippen LogP contribution in [0.15, 0.2) is 29.9 Å². The van der Waals surface area contributed by atoms with Crippen molar-refractivity contribution in [3.05, 3.63) is 35.5 Å². The highest BCUT2D eigenvalue weighted by Crippen LogP contribution is 2.22. The van der Waals surface area contributed by atoms with Crippen molar-refractivity contribution < 1.29 is 9.47 Å². The Hall–Kier alpha value is -1.30. The van der Waals surface area contributed by atoms with E-state index in [0.29, 0.717) is 13.2 Å². The van der Waals surface area contributed by atoms with Gasteiger partial charge in [0.15, 0.2) is 12.1 Å². The molecule has 0 saturated heterocycles. The molecule has 0 aromatic carbocycles. The van der Waals surface area contributed by atoms with Crippen LogP contribution in [-0.4, -0.2) is 23.2 Å². The van der Waals surface area contributed by atoms with Crippen LogP contribution >= 0.6 is 11.3 Å². The summed E-state index contributed by atoms with van der Waals surface area (Å²) in [4.78, 5) is 9.75. The van der Waals surface area contributed by atoms with Gasteiger partial charge in [0, 0.05) is 31.2 Å². The number of aromatic nitrogens is 2. The third-order valence-corrected chi connectivity index (χ3v) is 3.19. The third-order valence-electron chi connectivity index (χ3n) is 2.32. The fourth-order valence-electron chi connectivity index (χ4n) is 1.54. The smallest absolute Gasteiger partial charge is 0.186 e. The lowest BCUT2D eigenvalue weighted by Crippen LogP contribution is -2.09. The van der Waals surface area contributed by atoms with Gasteiger partial charge < -0.3 is 9.47 Å². The summed E-state index contributed by atoms with van der Waals surface area (Å²) in [5, 5.41) is 2.01. The minimum Gasteiger partial charge on any atom is -0.349 e. The predicted molar refractivity (Wildman–Crippen MR) is 71.3 cm³/mol. The molecule has 0 radical (unpaired) electrons. The molecule has 0 aliphatic carbocycles. The number of hydrogen-bond acceptors (Lipinski definition) is 5. The van der Waals surface area contributed by atoms with Gasteiger partial charge in [0.25, 0.3) is 0 Å². The van der Waals surface area contributed by atoms with E-state index in [0.717, 1.165) is 16.3 Å². The predicted octanol–water partition coefficient (Wildman–Crippen LogP) is 3.28. The summed E-state index contributed by atoms with van der Waals surface area (Å²) in [6.45, 7) is 5.06. The second-order valence-corrected chi connectivity index (χ2v) is 4.51. The monoisotopic (exact) mass is 264 g/mol. The Morgan fingerprint density at radius 3 is 2.33 bits per heavy atom. The summed E-state index contributed by atoms with van der Waals surface area (Å²) >= 11 is 1.62. The fraction of sp³-hybridized carbons (Fsp3) is 0.385. The minimum atomic E-state index is -0.377. The van der Waals surface area contributed by atoms with Gasteiger partial charge in [0.05, 0.1) is 4.88 Å². The second kappa shape index (κ2) is 6.58. The van der Waals surface area contributed by atoms with Gasteiger partial charge in [-0.15, -0.1) is 11.3 Å². The van der Waals surface area contributed by atoms with E-state index in [-0.39, 0.29) is 6.29 Å². The molecule has 2 aromatic heterocycles. The van der Waals surface area contributed by atoms with Crippen LogP contribution in [0.3, 0.4) is 0 Å². The molecule has 0 bridgehead atoms. The molecule has 0 aliphatic rings. The van der Waals surface area contributed by atoms with Crippen molar-refractivity contribution in [3.8, 4) is 10.7 Å². The van der Waals surface area contributed by atoms with Crippen molar-refractivity contribution in [3.63, 3.8) is 0 Å². The van der Waals surface area contributed by atoms with Gasteiger partial charge in [-0.25, -0.2) is 9.97 Å². The van der Waals surface area contributed by atoms with E-state index in [4.69, 9.17) is 9.47 Å². The maximum absolute atomic E-state index is 5.50. The first-order valence-corrected chi connectivity index (χ1v) is 6.82. The normalized spacial score (nSPS) is 11.1. The highest BCUT2D eigenvalue weighted by atomic mass is 32.1. The average Bonchev–Trinajstić information content (AvgIpc) is 2.93. The first-order chi connectivity index (χ1) is 8.85. The maximum Gasteiger partial charge on any atom is 0.186 e. The standard InChI is InChI=1S/C13H16N2O2S/c1-3-16-13(17-4-2)10-8-14-12(15-9-10)11-6-5-7-18-11/h5-9,13H,3-4H2,1-2H3. The van der Waals surface area contributed by atoms with Crippen LogP contribution in [0.1, 0.15) is 25.7 Å². The number of ether oxygens (including phenoxy) is 2. The molecule has 0 saturated carbocycles. The molecule has 0 fully saturated rings. The first-order valence-electron chi connectivity index (χ1n) is 5.94. The second-order valence-electron chi connectivity index (χ2n) is 3.56. The molecule has 0 atom stereocenters. The lowest BCUT2D eigenvalue weighted by atomic mass is 10.3. The highest BCUT2D eigenvalue weighted by molar-refractivity contribution is 7.13. The lowest BCUT2D eigenvalue weighted by Gasteiger charge is -2.16. The molecule has 2 rings (SSSR count). The Morgan fingerprint density at radius 2 is 1.83 bits per heavy atom. The Balaban J connectivity index is 2.15. The van der Waals surface area contributed by atoms with Crippen LogP contribution in [0.2, 0.25) is 0 Å². The third kappa shape index (κ3) is 3.13. The summed E-state index contributed by atoms with van der Waals surface area (Å²) in [5.41, 5.74) is 0.846. The molecule has 2 heterocycles. The van der Waals surface area contributed by atoms with Gasteiger partial charge in [-0.1, -0.05) is 6.07 Å². The molecule has 0 amide bonds. The average molecular weight is 264 g/mol. The molecule has 0 unspecified atom stereocenters. The topological polar surface area (TPSA) is 44.2 Å². The zero-order chi connectivity index (χ0) is 12.8. The molecule has 0 spiro atoms. The lowest BCUT2D eigenvalue weighted by molar-refractivity contribution is -0.140. The van der Waals surface area contributed by atoms with E-state index < -0.39 is 0 Å². The van der Waals surface area contributed by atoms with E-state index in [1.54, 1.807) is 23.7 Å². The summed E-state index contributed by atoms with van der Waals surface area (Å²) in [6, 6.07) is 3.99. The Labute approximate surface area is 111 Å². The van der Waals surface area contributed by atoms with Crippen molar-refractivity contribution in [2.75, 3.05) is 13.2 Å². The summed E-state index contributed by atoms with van der Waals surface area (Å²) in [6.07, 6.45) is 3.15. The van der Waals surface area contributed by atoms with Crippen molar-refractivity contribution in [1.82, 2.24) is 9.97 Å². The molecule has 4 nitrogen and oxygen atoms in total. The fourth-order valence-corrected chi connectivity index (χ4v) is 2.21. The first kappa shape index (κ1) is 13.1. The van der Waals surface area contributed by atoms with E-state index in [1.807, 2.05) is 31.4 Å². The van der Waals surface area contributed by atoms with Crippen LogP contribution in [0.25, 0.3) is 10.7 Å². The van der Waals surface area contributed by atoms with Gasteiger partial charge in [0.1, 0.15) is 0 Å². The molecule has 18 heavy (non-hydrogen) atoms. The van der Waals surface area contributed by atoms with Crippen LogP contribution in [-0.2, 0) is 9.47 Å². The number of hydrogen-bond donors (Lipinski definition) is 0. The maximum atomic E-state index is 5.50. The van der Waals surface area contributed by atoms with Crippen molar-refractivity contribution in [1.29, 1.82) is 0 Å². The van der Waals surface area contributed by atoms with Crippen molar-refractivity contribution in [2.24, 2.45) is 0 Å². The van der Waals surface area contributed by atoms with Gasteiger partial charge in [-0.05, 0) is 25.3 Å². The largest absolute Gasteiger partial charge is 0.349 e. The van der Waals surface area contributed by atoms with Crippen molar-refractivity contribution in [2.45, 2.75) is 20.1 Å². The summed E-state index contributed by atoms with van der Waals surface area (Å²) in [7, 11) is 0. The van der Waals surface area contributed by atoms with Crippen LogP contribution < -0.4 is 0 Å². The van der Waals surface area contributed by atoms with E-state index in [2.05, 4.69) is 9.97 Å². The molecular formula is C13H16N2O2S. The number of nitrogens with zero attached hydrogens (tertiary/aromatic N) is 2. The SMILES string of the molecule is CCOC(OCC)c1cnc(-c2cccs2)nc1. The van der Waals surface area contributed by atoms with Crippen LogP contribution in [0.4, 0.5) is 0 Å². The molecule has 5 heteroatoms. The van der Waals surface area contributed by atoms with E-state index >= 15 is 0 Å². The van der Waals surface area contributed by atoms with Gasteiger partial charge in [0.2, 0.25) is 0 Å². The minimum absolute atomic E-state index is 0.377. The molecule has 0 aliphatic heterocycles. The molecule has 2 aromatic rings. The van der Waals surface area contributed by atoms with E-state index in [1.165, 1.54) is 0 Å². The molecule has 96 valence electrons. The summed E-state index contributed by atoms with van der Waals surface area (Å²) in [5.74, 6) is 0.737. The molecule has 0 N–H and O–H groups in total. The van der Waals surface area contributed by atoms with Gasteiger partial charge in [-0.3, -0.25) is 0 Å². The quantitative estimate of drug-likeness (QED) is 0.751. The Morgan fingerprint density at radius 1 is 1.17 bits per heavy atom. The van der Waals surface area contributed by atoms with Gasteiger partial charge in [-0.2, -0.15) is 0 Å². The molecular weight excluding hydrogens is 248 g/mol. The van der Waals surface area contributed by atoms with E-state index in [9.17, 15) is 0 Å². The Bertz CT molecular complexity index is 450. The highest BCUT2D eigenvalue weighted by Gasteiger charge is 2.12. The number of thiophene rings is 1. The van der Waals surface area contributed by atoms with Gasteiger partial charge >= 0.3 is 0 Å².